The van der Waals surface area contributed by atoms with Gasteiger partial charge in [-0.3, -0.25) is 0 Å². The van der Waals surface area contributed by atoms with E-state index in [4.69, 9.17) is 9.47 Å². The highest BCUT2D eigenvalue weighted by molar-refractivity contribution is 6.88. The van der Waals surface area contributed by atoms with Gasteiger partial charge >= 0.3 is 0 Å². The predicted molar refractivity (Wildman–Crippen MR) is 129 cm³/mol. The molecule has 0 spiro atoms. The summed E-state index contributed by atoms with van der Waals surface area (Å²) in [6.45, 7) is 7.76. The zero-order chi connectivity index (χ0) is 22.7. The van der Waals surface area contributed by atoms with Crippen molar-refractivity contribution in [3.63, 3.8) is 0 Å². The highest BCUT2D eigenvalue weighted by Crippen LogP contribution is 2.40. The third-order valence-electron chi connectivity index (χ3n) is 5.91. The summed E-state index contributed by atoms with van der Waals surface area (Å²) in [5.74, 6) is 1.13. The SMILES string of the molecule is C[Si](C)(C)c1ccc(C(CC(c2ccccc2)c2ccc3c(c2)OCCO3)=C(F)F)cc1. The van der Waals surface area contributed by atoms with Crippen LogP contribution >= 0.6 is 0 Å². The number of hydrogen-bond donors (Lipinski definition) is 0. The molecule has 0 radical (unpaired) electrons. The topological polar surface area (TPSA) is 18.5 Å². The van der Waals surface area contributed by atoms with Crippen molar-refractivity contribution in [1.29, 1.82) is 0 Å². The Morgan fingerprint density at radius 3 is 2.09 bits per heavy atom. The summed E-state index contributed by atoms with van der Waals surface area (Å²) >= 11 is 0. The zero-order valence-electron chi connectivity index (χ0n) is 18.7. The van der Waals surface area contributed by atoms with Crippen LogP contribution in [0.2, 0.25) is 19.6 Å². The fourth-order valence-corrected chi connectivity index (χ4v) is 5.24. The van der Waals surface area contributed by atoms with Crippen molar-refractivity contribution >= 4 is 18.8 Å². The van der Waals surface area contributed by atoms with Crippen LogP contribution < -0.4 is 14.7 Å². The van der Waals surface area contributed by atoms with Gasteiger partial charge in [0, 0.05) is 11.5 Å². The van der Waals surface area contributed by atoms with E-state index in [2.05, 4.69) is 19.6 Å². The molecule has 0 fully saturated rings. The Bertz CT molecular complexity index is 1100. The molecule has 2 nitrogen and oxygen atoms in total. The summed E-state index contributed by atoms with van der Waals surface area (Å²) in [5, 5.41) is 1.26. The smallest absolute Gasteiger partial charge is 0.274 e. The largest absolute Gasteiger partial charge is 0.486 e. The van der Waals surface area contributed by atoms with Crippen molar-refractivity contribution in [1.82, 2.24) is 0 Å². The Morgan fingerprint density at radius 2 is 1.47 bits per heavy atom. The molecule has 0 aliphatic carbocycles. The highest BCUT2D eigenvalue weighted by atomic mass is 28.3. The molecule has 1 aliphatic rings. The number of benzene rings is 3. The minimum atomic E-state index is -1.63. The van der Waals surface area contributed by atoms with Crippen LogP contribution in [0.3, 0.4) is 0 Å². The maximum atomic E-state index is 14.2. The molecule has 1 atom stereocenters. The summed E-state index contributed by atoms with van der Waals surface area (Å²) in [7, 11) is -1.50. The predicted octanol–water partition coefficient (Wildman–Crippen LogP) is 6.83. The van der Waals surface area contributed by atoms with Crippen LogP contribution in [0.15, 0.2) is 78.9 Å². The second-order valence-corrected chi connectivity index (χ2v) is 14.2. The lowest BCUT2D eigenvalue weighted by atomic mass is 9.84. The Morgan fingerprint density at radius 1 is 0.812 bits per heavy atom. The molecule has 0 amide bonds. The third-order valence-corrected chi connectivity index (χ3v) is 7.97. The van der Waals surface area contributed by atoms with Crippen molar-refractivity contribution in [3.8, 4) is 11.5 Å². The molecule has 1 heterocycles. The molecule has 5 heteroatoms. The molecule has 0 N–H and O–H groups in total. The maximum absolute atomic E-state index is 14.2. The second kappa shape index (κ2) is 9.29. The molecule has 0 bridgehead atoms. The van der Waals surface area contributed by atoms with Crippen molar-refractivity contribution in [2.24, 2.45) is 0 Å². The van der Waals surface area contributed by atoms with Gasteiger partial charge in [-0.2, -0.15) is 8.78 Å². The lowest BCUT2D eigenvalue weighted by Crippen LogP contribution is -2.37. The van der Waals surface area contributed by atoms with Gasteiger partial charge in [0.15, 0.2) is 11.5 Å². The molecule has 3 aromatic rings. The first kappa shape index (κ1) is 22.3. The molecule has 32 heavy (non-hydrogen) atoms. The summed E-state index contributed by atoms with van der Waals surface area (Å²) in [5.41, 5.74) is 2.57. The minimum Gasteiger partial charge on any atom is -0.486 e. The minimum absolute atomic E-state index is 0.0795. The quantitative estimate of drug-likeness (QED) is 0.383. The molecule has 1 aliphatic heterocycles. The normalized spacial score (nSPS) is 14.0. The Labute approximate surface area is 189 Å². The average molecular weight is 451 g/mol. The van der Waals surface area contributed by atoms with E-state index < -0.39 is 14.2 Å². The van der Waals surface area contributed by atoms with Crippen molar-refractivity contribution in [2.75, 3.05) is 13.2 Å². The number of hydrogen-bond acceptors (Lipinski definition) is 2. The van der Waals surface area contributed by atoms with Gasteiger partial charge in [-0.1, -0.05) is 85.5 Å². The van der Waals surface area contributed by atoms with Crippen LogP contribution in [0.1, 0.15) is 29.0 Å². The zero-order valence-corrected chi connectivity index (χ0v) is 19.7. The van der Waals surface area contributed by atoms with Crippen LogP contribution in [-0.2, 0) is 0 Å². The average Bonchev–Trinajstić information content (AvgIpc) is 2.79. The summed E-state index contributed by atoms with van der Waals surface area (Å²) in [4.78, 5) is 0. The van der Waals surface area contributed by atoms with Gasteiger partial charge in [0.25, 0.3) is 6.08 Å². The fourth-order valence-electron chi connectivity index (χ4n) is 4.07. The number of halogens is 2. The molecule has 0 saturated carbocycles. The molecule has 3 aromatic carbocycles. The Kier molecular flexibility index (Phi) is 6.47. The Hall–Kier alpha value is -2.92. The Balaban J connectivity index is 1.72. The molecule has 0 saturated heterocycles. The van der Waals surface area contributed by atoms with E-state index in [-0.39, 0.29) is 17.9 Å². The van der Waals surface area contributed by atoms with E-state index in [1.807, 2.05) is 72.8 Å². The second-order valence-electron chi connectivity index (χ2n) is 9.14. The summed E-state index contributed by atoms with van der Waals surface area (Å²) < 4.78 is 39.8. The highest BCUT2D eigenvalue weighted by Gasteiger charge is 2.23. The maximum Gasteiger partial charge on any atom is 0.274 e. The van der Waals surface area contributed by atoms with Gasteiger partial charge in [0.05, 0.1) is 8.07 Å². The molecule has 166 valence electrons. The van der Waals surface area contributed by atoms with Gasteiger partial charge < -0.3 is 9.47 Å². The van der Waals surface area contributed by atoms with Crippen LogP contribution in [0.4, 0.5) is 8.78 Å². The van der Waals surface area contributed by atoms with Gasteiger partial charge in [-0.15, -0.1) is 0 Å². The van der Waals surface area contributed by atoms with Gasteiger partial charge in [-0.25, -0.2) is 0 Å². The molecular formula is C27H28F2O2Si. The number of rotatable bonds is 6. The lowest BCUT2D eigenvalue weighted by Gasteiger charge is -2.24. The third kappa shape index (κ3) is 4.94. The van der Waals surface area contributed by atoms with Crippen LogP contribution in [-0.4, -0.2) is 21.3 Å². The molecule has 4 rings (SSSR count). The van der Waals surface area contributed by atoms with Gasteiger partial charge in [-0.05, 0) is 35.2 Å². The fraction of sp³-hybridized carbons (Fsp3) is 0.259. The number of fused-ring (bicyclic) bond motifs is 1. The van der Waals surface area contributed by atoms with Crippen LogP contribution in [0.25, 0.3) is 5.57 Å². The van der Waals surface area contributed by atoms with E-state index in [0.29, 0.717) is 30.3 Å². The number of ether oxygens (including phenoxy) is 2. The van der Waals surface area contributed by atoms with E-state index in [9.17, 15) is 8.78 Å². The lowest BCUT2D eigenvalue weighted by molar-refractivity contribution is 0.171. The van der Waals surface area contributed by atoms with Crippen LogP contribution in [0.5, 0.6) is 11.5 Å². The molecular weight excluding hydrogens is 422 g/mol. The van der Waals surface area contributed by atoms with Crippen molar-refractivity contribution in [3.05, 3.63) is 95.6 Å². The van der Waals surface area contributed by atoms with E-state index >= 15 is 0 Å². The van der Waals surface area contributed by atoms with Gasteiger partial charge in [0.1, 0.15) is 13.2 Å². The first-order valence-corrected chi connectivity index (χ1v) is 14.4. The summed E-state index contributed by atoms with van der Waals surface area (Å²) in [6.07, 6.45) is -1.44. The number of allylic oxidation sites excluding steroid dienone is 1. The van der Waals surface area contributed by atoms with E-state index in [1.54, 1.807) is 0 Å². The molecule has 1 unspecified atom stereocenters. The summed E-state index contributed by atoms with van der Waals surface area (Å²) in [6, 6.07) is 23.2. The monoisotopic (exact) mass is 450 g/mol. The van der Waals surface area contributed by atoms with E-state index in [0.717, 1.165) is 11.1 Å². The van der Waals surface area contributed by atoms with Gasteiger partial charge in [0.2, 0.25) is 0 Å². The van der Waals surface area contributed by atoms with Crippen molar-refractivity contribution in [2.45, 2.75) is 32.0 Å². The molecule has 0 aromatic heterocycles. The first-order valence-electron chi connectivity index (χ1n) is 10.9. The standard InChI is InChI=1S/C27H28F2O2Si/c1-32(2,3)22-12-9-20(10-13-22)24(27(28)29)18-23(19-7-5-4-6-8-19)21-11-14-25-26(17-21)31-16-15-30-25/h4-14,17,23H,15-16,18H2,1-3H3. The van der Waals surface area contributed by atoms with Crippen LogP contribution in [0, 0.1) is 0 Å². The van der Waals surface area contributed by atoms with Crippen molar-refractivity contribution < 1.29 is 18.3 Å². The van der Waals surface area contributed by atoms with E-state index in [1.165, 1.54) is 5.19 Å². The first-order chi connectivity index (χ1) is 15.3.